The third-order valence-electron chi connectivity index (χ3n) is 5.11. The second-order valence-electron chi connectivity index (χ2n) is 7.91. The zero-order valence-corrected chi connectivity index (χ0v) is 18.2. The number of ether oxygens (including phenoxy) is 3. The Labute approximate surface area is 153 Å². The van der Waals surface area contributed by atoms with Crippen molar-refractivity contribution in [2.24, 2.45) is 11.1 Å². The van der Waals surface area contributed by atoms with E-state index in [1.54, 1.807) is 21.3 Å². The first-order valence-electron chi connectivity index (χ1n) is 8.66. The van der Waals surface area contributed by atoms with Crippen molar-refractivity contribution in [3.8, 4) is 0 Å². The van der Waals surface area contributed by atoms with Crippen molar-refractivity contribution in [3.63, 3.8) is 0 Å². The van der Waals surface area contributed by atoms with Crippen molar-refractivity contribution in [2.45, 2.75) is 64.1 Å². The van der Waals surface area contributed by atoms with E-state index in [0.717, 1.165) is 5.71 Å². The molecule has 0 bridgehead atoms. The maximum Gasteiger partial charge on any atom is 0.192 e. The van der Waals surface area contributed by atoms with Crippen LogP contribution in [0.15, 0.2) is 17.3 Å². The van der Waals surface area contributed by atoms with Crippen LogP contribution in [0.25, 0.3) is 0 Å². The molecule has 0 aromatic rings. The van der Waals surface area contributed by atoms with Gasteiger partial charge in [0, 0.05) is 20.1 Å². The van der Waals surface area contributed by atoms with Gasteiger partial charge in [-0.25, -0.2) is 0 Å². The van der Waals surface area contributed by atoms with E-state index in [2.05, 4.69) is 45.1 Å². The minimum atomic E-state index is -2.02. The quantitative estimate of drug-likeness (QED) is 0.214. The fourth-order valence-corrected chi connectivity index (χ4v) is 3.95. The third-order valence-corrected chi connectivity index (χ3v) is 9.59. The van der Waals surface area contributed by atoms with Gasteiger partial charge in [0.1, 0.15) is 26.1 Å². The lowest BCUT2D eigenvalue weighted by atomic mass is 9.85. The van der Waals surface area contributed by atoms with Crippen molar-refractivity contribution in [1.29, 1.82) is 0 Å². The predicted molar refractivity (Wildman–Crippen MR) is 102 cm³/mol. The molecule has 146 valence electrons. The molecule has 0 amide bonds. The molecule has 25 heavy (non-hydrogen) atoms. The van der Waals surface area contributed by atoms with Gasteiger partial charge in [-0.1, -0.05) is 38.1 Å². The monoisotopic (exact) mass is 373 g/mol. The van der Waals surface area contributed by atoms with Gasteiger partial charge in [-0.3, -0.25) is 0 Å². The van der Waals surface area contributed by atoms with Gasteiger partial charge < -0.3 is 23.5 Å². The van der Waals surface area contributed by atoms with Crippen LogP contribution in [0.3, 0.4) is 0 Å². The predicted octanol–water partition coefficient (Wildman–Crippen LogP) is 3.59. The largest absolute Gasteiger partial charge is 0.408 e. The smallest absolute Gasteiger partial charge is 0.192 e. The number of oxime groups is 1. The lowest BCUT2D eigenvalue weighted by molar-refractivity contribution is -0.129. The van der Waals surface area contributed by atoms with Crippen LogP contribution in [0.5, 0.6) is 0 Å². The summed E-state index contributed by atoms with van der Waals surface area (Å²) < 4.78 is 23.5. The van der Waals surface area contributed by atoms with Crippen LogP contribution < -0.4 is 0 Å². The SMILES string of the molecule is COCO[C@H]1C=C[C@H](/C(C)=N\OC)[C@@H](OC)[C@@H]1O[Si](C)(C)C(C)(C)C. The first-order chi connectivity index (χ1) is 11.6. The Morgan fingerprint density at radius 3 is 2.20 bits per heavy atom. The van der Waals surface area contributed by atoms with Gasteiger partial charge in [0.2, 0.25) is 0 Å². The van der Waals surface area contributed by atoms with Crippen molar-refractivity contribution in [2.75, 3.05) is 28.1 Å². The molecule has 0 fully saturated rings. The van der Waals surface area contributed by atoms with Crippen LogP contribution in [0, 0.1) is 5.92 Å². The minimum absolute atomic E-state index is 0.0258. The van der Waals surface area contributed by atoms with Crippen molar-refractivity contribution < 1.29 is 23.5 Å². The maximum absolute atomic E-state index is 6.70. The van der Waals surface area contributed by atoms with Crippen molar-refractivity contribution in [3.05, 3.63) is 12.2 Å². The van der Waals surface area contributed by atoms with Crippen LogP contribution in [0.1, 0.15) is 27.7 Å². The summed E-state index contributed by atoms with van der Waals surface area (Å²) in [6.45, 7) is 13.3. The first-order valence-corrected chi connectivity index (χ1v) is 11.6. The molecule has 1 aliphatic carbocycles. The van der Waals surface area contributed by atoms with Gasteiger partial charge in [0.05, 0.1) is 11.8 Å². The molecule has 0 unspecified atom stereocenters. The topological polar surface area (TPSA) is 58.5 Å². The number of hydrogen-bond acceptors (Lipinski definition) is 6. The van der Waals surface area contributed by atoms with Crippen LogP contribution in [-0.2, 0) is 23.5 Å². The highest BCUT2D eigenvalue weighted by atomic mass is 28.4. The van der Waals surface area contributed by atoms with Gasteiger partial charge in [0.15, 0.2) is 8.32 Å². The zero-order valence-electron chi connectivity index (χ0n) is 17.2. The molecular formula is C18H35NO5Si. The number of nitrogens with zero attached hydrogens (tertiary/aromatic N) is 1. The van der Waals surface area contributed by atoms with E-state index < -0.39 is 8.32 Å². The summed E-state index contributed by atoms with van der Waals surface area (Å²) >= 11 is 0. The highest BCUT2D eigenvalue weighted by Crippen LogP contribution is 2.40. The molecule has 0 saturated heterocycles. The van der Waals surface area contributed by atoms with Gasteiger partial charge in [-0.2, -0.15) is 0 Å². The molecule has 0 aromatic heterocycles. The zero-order chi connectivity index (χ0) is 19.3. The van der Waals surface area contributed by atoms with Crippen LogP contribution in [0.2, 0.25) is 18.1 Å². The molecule has 7 heteroatoms. The Morgan fingerprint density at radius 2 is 1.72 bits per heavy atom. The molecule has 0 spiro atoms. The van der Waals surface area contributed by atoms with E-state index in [0.29, 0.717) is 0 Å². The van der Waals surface area contributed by atoms with Crippen molar-refractivity contribution >= 4 is 14.0 Å². The van der Waals surface area contributed by atoms with E-state index in [-0.39, 0.29) is 36.1 Å². The minimum Gasteiger partial charge on any atom is -0.408 e. The third kappa shape index (κ3) is 5.62. The molecule has 0 saturated carbocycles. The average molecular weight is 374 g/mol. The molecule has 0 heterocycles. The normalized spacial score (nSPS) is 28.3. The summed E-state index contributed by atoms with van der Waals surface area (Å²) in [6, 6.07) is 0. The number of hydrogen-bond donors (Lipinski definition) is 0. The second kappa shape index (κ2) is 9.28. The van der Waals surface area contributed by atoms with Crippen molar-refractivity contribution in [1.82, 2.24) is 0 Å². The van der Waals surface area contributed by atoms with Gasteiger partial charge in [0.25, 0.3) is 0 Å². The fraction of sp³-hybridized carbons (Fsp3) is 0.833. The summed E-state index contributed by atoms with van der Waals surface area (Å²) in [5.41, 5.74) is 0.847. The van der Waals surface area contributed by atoms with E-state index in [9.17, 15) is 0 Å². The highest BCUT2D eigenvalue weighted by Gasteiger charge is 2.46. The van der Waals surface area contributed by atoms with Crippen LogP contribution in [0.4, 0.5) is 0 Å². The Hall–Kier alpha value is -0.733. The highest BCUT2D eigenvalue weighted by molar-refractivity contribution is 6.74. The summed E-state index contributed by atoms with van der Waals surface area (Å²) in [5, 5.41) is 4.18. The molecule has 0 aliphatic heterocycles. The molecule has 0 radical (unpaired) electrons. The Balaban J connectivity index is 3.18. The maximum atomic E-state index is 6.70. The molecule has 1 rings (SSSR count). The Morgan fingerprint density at radius 1 is 1.08 bits per heavy atom. The molecule has 0 N–H and O–H groups in total. The van der Waals surface area contributed by atoms with Gasteiger partial charge >= 0.3 is 0 Å². The average Bonchev–Trinajstić information content (AvgIpc) is 2.52. The van der Waals surface area contributed by atoms with Gasteiger partial charge in [-0.05, 0) is 25.1 Å². The summed E-state index contributed by atoms with van der Waals surface area (Å²) in [4.78, 5) is 4.95. The second-order valence-corrected chi connectivity index (χ2v) is 12.7. The fourth-order valence-electron chi connectivity index (χ4n) is 2.65. The molecule has 6 nitrogen and oxygen atoms in total. The van der Waals surface area contributed by atoms with E-state index >= 15 is 0 Å². The summed E-state index contributed by atoms with van der Waals surface area (Å²) in [6.07, 6.45) is 3.40. The molecular weight excluding hydrogens is 338 g/mol. The van der Waals surface area contributed by atoms with E-state index in [1.807, 2.05) is 13.0 Å². The lowest BCUT2D eigenvalue weighted by Gasteiger charge is -2.45. The molecule has 0 aromatic carbocycles. The first kappa shape index (κ1) is 22.3. The molecule has 1 aliphatic rings. The van der Waals surface area contributed by atoms with E-state index in [4.69, 9.17) is 23.5 Å². The Kier molecular flexibility index (Phi) is 8.28. The van der Waals surface area contributed by atoms with Crippen LogP contribution in [-0.4, -0.2) is 60.5 Å². The van der Waals surface area contributed by atoms with E-state index in [1.165, 1.54) is 0 Å². The number of rotatable bonds is 8. The van der Waals surface area contributed by atoms with Gasteiger partial charge in [-0.15, -0.1) is 0 Å². The lowest BCUT2D eigenvalue weighted by Crippen LogP contribution is -2.55. The summed E-state index contributed by atoms with van der Waals surface area (Å²) in [7, 11) is 2.84. The summed E-state index contributed by atoms with van der Waals surface area (Å²) in [5.74, 6) is -0.0258. The number of methoxy groups -OCH3 is 2. The standard InChI is InChI=1S/C18H35NO5Si/c1-13(19-22-7)14-10-11-15(23-12-20-5)17(16(14)21-6)24-25(8,9)18(2,3)4/h10-11,14-17H,12H2,1-9H3/b19-13-/t14-,15+,16-,17-/m1/s1. The Bertz CT molecular complexity index is 473. The van der Waals surface area contributed by atoms with Crippen LogP contribution >= 0.6 is 0 Å². The molecule has 4 atom stereocenters.